The summed E-state index contributed by atoms with van der Waals surface area (Å²) in [4.78, 5) is 11.1. The van der Waals surface area contributed by atoms with Crippen LogP contribution in [-0.2, 0) is 5.41 Å². The van der Waals surface area contributed by atoms with Crippen LogP contribution in [0.5, 0.6) is 0 Å². The third-order valence-electron chi connectivity index (χ3n) is 11.1. The first-order valence-electron chi connectivity index (χ1n) is 17.3. The third-order valence-corrected chi connectivity index (χ3v) is 11.1. The van der Waals surface area contributed by atoms with Gasteiger partial charge in [0.25, 0.3) is 0 Å². The summed E-state index contributed by atoms with van der Waals surface area (Å²) < 4.78 is 2.40. The first kappa shape index (κ1) is 27.6. The lowest BCUT2D eigenvalue weighted by Crippen LogP contribution is -2.19. The minimum Gasteiger partial charge on any atom is -0.293 e. The highest BCUT2D eigenvalue weighted by atomic mass is 15.1. The molecule has 0 spiro atoms. The Labute approximate surface area is 289 Å². The third kappa shape index (κ3) is 3.64. The summed E-state index contributed by atoms with van der Waals surface area (Å²) >= 11 is 0. The molecular formula is C47H31N3. The first-order chi connectivity index (χ1) is 24.6. The zero-order valence-corrected chi connectivity index (χ0v) is 27.8. The Kier molecular flexibility index (Phi) is 5.45. The van der Waals surface area contributed by atoms with Crippen molar-refractivity contribution in [1.29, 1.82) is 0 Å². The molecule has 1 aliphatic rings. The van der Waals surface area contributed by atoms with Gasteiger partial charge < -0.3 is 0 Å². The van der Waals surface area contributed by atoms with Gasteiger partial charge in [0.05, 0.1) is 16.7 Å². The number of para-hydroxylation sites is 1. The molecule has 1 aliphatic carbocycles. The van der Waals surface area contributed by atoms with E-state index in [2.05, 4.69) is 170 Å². The molecule has 10 aromatic rings. The highest BCUT2D eigenvalue weighted by Crippen LogP contribution is 2.51. The van der Waals surface area contributed by atoms with Gasteiger partial charge in [-0.3, -0.25) is 4.57 Å². The van der Waals surface area contributed by atoms with E-state index in [1.165, 1.54) is 65.0 Å². The van der Waals surface area contributed by atoms with E-state index in [0.29, 0.717) is 0 Å². The van der Waals surface area contributed by atoms with Crippen LogP contribution in [0.1, 0.15) is 25.0 Å². The highest BCUT2D eigenvalue weighted by Gasteiger charge is 2.40. The van der Waals surface area contributed by atoms with Crippen molar-refractivity contribution < 1.29 is 0 Å². The topological polar surface area (TPSA) is 30.7 Å². The standard InChI is InChI=1S/C47H31N3/c1-47(2)40-21-11-9-20-37(40)44-43(47)46(50-41-22-12-10-19-36(41)39-25-28-13-3-4-14-29(28)27-42(39)50)49-45(48-44)30-23-24-35-33-17-6-5-15-31(33)32-16-7-8-18-34(32)38(35)26-30/h3-27H,1-2H3. The summed E-state index contributed by atoms with van der Waals surface area (Å²) in [6.07, 6.45) is 0. The maximum Gasteiger partial charge on any atom is 0.162 e. The Morgan fingerprint density at radius 2 is 1.04 bits per heavy atom. The van der Waals surface area contributed by atoms with E-state index in [0.717, 1.165) is 39.5 Å². The molecule has 3 heteroatoms. The molecule has 3 nitrogen and oxygen atoms in total. The summed E-state index contributed by atoms with van der Waals surface area (Å²) in [7, 11) is 0. The summed E-state index contributed by atoms with van der Waals surface area (Å²) in [5, 5.41) is 12.4. The van der Waals surface area contributed by atoms with Crippen molar-refractivity contribution in [2.24, 2.45) is 0 Å². The van der Waals surface area contributed by atoms with Crippen molar-refractivity contribution >= 4 is 64.9 Å². The zero-order chi connectivity index (χ0) is 33.1. The van der Waals surface area contributed by atoms with Gasteiger partial charge in [-0.1, -0.05) is 141 Å². The van der Waals surface area contributed by atoms with Gasteiger partial charge in [-0.25, -0.2) is 9.97 Å². The van der Waals surface area contributed by atoms with E-state index >= 15 is 0 Å². The summed E-state index contributed by atoms with van der Waals surface area (Å²) in [6, 6.07) is 55.1. The first-order valence-corrected chi connectivity index (χ1v) is 17.3. The summed E-state index contributed by atoms with van der Waals surface area (Å²) in [5.41, 5.74) is 7.65. The number of fused-ring (bicyclic) bond motifs is 13. The largest absolute Gasteiger partial charge is 0.293 e. The number of nitrogens with zero attached hydrogens (tertiary/aromatic N) is 3. The molecule has 50 heavy (non-hydrogen) atoms. The van der Waals surface area contributed by atoms with Crippen LogP contribution < -0.4 is 0 Å². The van der Waals surface area contributed by atoms with Gasteiger partial charge in [-0.05, 0) is 72.9 Å². The molecule has 234 valence electrons. The number of rotatable bonds is 2. The Morgan fingerprint density at radius 1 is 0.460 bits per heavy atom. The van der Waals surface area contributed by atoms with Gasteiger partial charge in [0, 0.05) is 32.9 Å². The second-order valence-electron chi connectivity index (χ2n) is 14.2. The lowest BCUT2D eigenvalue weighted by molar-refractivity contribution is 0.650. The van der Waals surface area contributed by atoms with Crippen molar-refractivity contribution in [3.05, 3.63) is 163 Å². The fraction of sp³-hybridized carbons (Fsp3) is 0.0638. The monoisotopic (exact) mass is 637 g/mol. The van der Waals surface area contributed by atoms with Gasteiger partial charge in [-0.15, -0.1) is 0 Å². The molecule has 0 saturated heterocycles. The Bertz CT molecular complexity index is 3040. The van der Waals surface area contributed by atoms with Crippen molar-refractivity contribution in [3.63, 3.8) is 0 Å². The fourth-order valence-electron chi connectivity index (χ4n) is 8.81. The fourth-order valence-corrected chi connectivity index (χ4v) is 8.81. The lowest BCUT2D eigenvalue weighted by Gasteiger charge is -2.24. The minimum atomic E-state index is -0.299. The van der Waals surface area contributed by atoms with Gasteiger partial charge in [0.2, 0.25) is 0 Å². The molecule has 0 N–H and O–H groups in total. The van der Waals surface area contributed by atoms with Crippen LogP contribution in [0, 0.1) is 0 Å². The molecule has 0 fully saturated rings. The predicted molar refractivity (Wildman–Crippen MR) is 209 cm³/mol. The van der Waals surface area contributed by atoms with Crippen LogP contribution in [0.4, 0.5) is 0 Å². The summed E-state index contributed by atoms with van der Waals surface area (Å²) in [6.45, 7) is 4.64. The average Bonchev–Trinajstić information content (AvgIpc) is 3.61. The molecule has 0 unspecified atom stereocenters. The Morgan fingerprint density at radius 3 is 1.78 bits per heavy atom. The number of hydrogen-bond acceptors (Lipinski definition) is 2. The van der Waals surface area contributed by atoms with E-state index in [4.69, 9.17) is 9.97 Å². The van der Waals surface area contributed by atoms with Crippen LogP contribution in [0.25, 0.3) is 93.4 Å². The molecule has 2 aromatic heterocycles. The van der Waals surface area contributed by atoms with Crippen LogP contribution in [0.15, 0.2) is 152 Å². The number of hydrogen-bond donors (Lipinski definition) is 0. The van der Waals surface area contributed by atoms with Crippen LogP contribution in [0.3, 0.4) is 0 Å². The van der Waals surface area contributed by atoms with Gasteiger partial charge >= 0.3 is 0 Å². The van der Waals surface area contributed by atoms with Crippen molar-refractivity contribution in [3.8, 4) is 28.5 Å². The van der Waals surface area contributed by atoms with Crippen molar-refractivity contribution in [1.82, 2.24) is 14.5 Å². The number of aromatic nitrogens is 3. The Hall–Kier alpha value is -6.32. The van der Waals surface area contributed by atoms with E-state index in [9.17, 15) is 0 Å². The summed E-state index contributed by atoms with van der Waals surface area (Å²) in [5.74, 6) is 1.67. The SMILES string of the molecule is CC1(C)c2ccccc2-c2nc(-c3ccc4c5ccccc5c5ccccc5c4c3)nc(-n3c4ccccc4c4cc5ccccc5cc43)c21. The molecule has 11 rings (SSSR count). The molecule has 8 aromatic carbocycles. The van der Waals surface area contributed by atoms with E-state index < -0.39 is 0 Å². The maximum atomic E-state index is 5.62. The van der Waals surface area contributed by atoms with Crippen LogP contribution >= 0.6 is 0 Å². The minimum absolute atomic E-state index is 0.299. The highest BCUT2D eigenvalue weighted by molar-refractivity contribution is 6.25. The second kappa shape index (κ2) is 9.87. The van der Waals surface area contributed by atoms with E-state index in [1.807, 2.05) is 0 Å². The quantitative estimate of drug-likeness (QED) is 0.177. The second-order valence-corrected chi connectivity index (χ2v) is 14.2. The molecular weight excluding hydrogens is 607 g/mol. The van der Waals surface area contributed by atoms with Crippen molar-refractivity contribution in [2.75, 3.05) is 0 Å². The molecule has 0 bridgehead atoms. The lowest BCUT2D eigenvalue weighted by atomic mass is 9.82. The van der Waals surface area contributed by atoms with E-state index in [-0.39, 0.29) is 5.41 Å². The molecule has 0 atom stereocenters. The molecule has 2 heterocycles. The Balaban J connectivity index is 1.27. The van der Waals surface area contributed by atoms with E-state index in [1.54, 1.807) is 0 Å². The predicted octanol–water partition coefficient (Wildman–Crippen LogP) is 12.2. The molecule has 0 amide bonds. The molecule has 0 radical (unpaired) electrons. The van der Waals surface area contributed by atoms with Crippen LogP contribution in [-0.4, -0.2) is 14.5 Å². The normalized spacial score (nSPS) is 13.6. The van der Waals surface area contributed by atoms with Crippen LogP contribution in [0.2, 0.25) is 0 Å². The smallest absolute Gasteiger partial charge is 0.162 e. The average molecular weight is 638 g/mol. The molecule has 0 saturated carbocycles. The maximum absolute atomic E-state index is 5.62. The van der Waals surface area contributed by atoms with Gasteiger partial charge in [0.15, 0.2) is 5.82 Å². The van der Waals surface area contributed by atoms with Gasteiger partial charge in [-0.2, -0.15) is 0 Å². The number of benzene rings is 8. The van der Waals surface area contributed by atoms with Gasteiger partial charge in [0.1, 0.15) is 5.82 Å². The molecule has 0 aliphatic heterocycles. The van der Waals surface area contributed by atoms with Crippen molar-refractivity contribution in [2.45, 2.75) is 19.3 Å². The zero-order valence-electron chi connectivity index (χ0n) is 27.8.